The van der Waals surface area contributed by atoms with Gasteiger partial charge in [-0.15, -0.1) is 0 Å². The fourth-order valence-electron chi connectivity index (χ4n) is 2.61. The second-order valence-corrected chi connectivity index (χ2v) is 5.68. The summed E-state index contributed by atoms with van der Waals surface area (Å²) in [5, 5.41) is 3.36. The van der Waals surface area contributed by atoms with Gasteiger partial charge in [0.25, 0.3) is 0 Å². The molecule has 0 aliphatic carbocycles. The molecule has 2 rings (SSSR count). The van der Waals surface area contributed by atoms with Gasteiger partial charge in [-0.1, -0.05) is 26.0 Å². The third-order valence-electron chi connectivity index (χ3n) is 3.65. The van der Waals surface area contributed by atoms with Crippen molar-refractivity contribution in [2.75, 3.05) is 24.5 Å². The lowest BCUT2D eigenvalue weighted by atomic mass is 10.1. The molecule has 0 saturated carbocycles. The summed E-state index contributed by atoms with van der Waals surface area (Å²) in [7, 11) is 0. The van der Waals surface area contributed by atoms with Crippen LogP contribution < -0.4 is 10.2 Å². The first-order valence-corrected chi connectivity index (χ1v) is 7.02. The molecule has 5 heteroatoms. The lowest BCUT2D eigenvalue weighted by Crippen LogP contribution is -2.31. The normalized spacial score (nSPS) is 19.9. The van der Waals surface area contributed by atoms with Gasteiger partial charge in [0.1, 0.15) is 0 Å². The highest BCUT2D eigenvalue weighted by Gasteiger charge is 2.36. The molecule has 1 aliphatic rings. The Hall–Kier alpha value is -1.23. The van der Waals surface area contributed by atoms with E-state index in [1.54, 1.807) is 12.1 Å². The minimum atomic E-state index is -4.29. The number of hydrogen-bond donors (Lipinski definition) is 1. The van der Waals surface area contributed by atoms with Crippen molar-refractivity contribution in [3.05, 3.63) is 29.8 Å². The molecule has 20 heavy (non-hydrogen) atoms. The first kappa shape index (κ1) is 15.2. The molecule has 112 valence electrons. The molecule has 1 aliphatic heterocycles. The fourth-order valence-corrected chi connectivity index (χ4v) is 2.61. The van der Waals surface area contributed by atoms with Crippen LogP contribution in [0, 0.1) is 5.92 Å². The number of para-hydroxylation sites is 1. The van der Waals surface area contributed by atoms with Gasteiger partial charge in [0.15, 0.2) is 0 Å². The number of anilines is 1. The third kappa shape index (κ3) is 3.66. The molecule has 1 N–H and O–H groups in total. The van der Waals surface area contributed by atoms with Crippen molar-refractivity contribution in [3.63, 3.8) is 0 Å². The summed E-state index contributed by atoms with van der Waals surface area (Å²) in [4.78, 5) is 1.86. The highest BCUT2D eigenvalue weighted by atomic mass is 19.4. The first-order chi connectivity index (χ1) is 9.38. The molecule has 1 saturated heterocycles. The Kier molecular flexibility index (Phi) is 4.58. The molecule has 1 aromatic carbocycles. The molecular formula is C15H21F3N2. The van der Waals surface area contributed by atoms with Gasteiger partial charge < -0.3 is 10.2 Å². The van der Waals surface area contributed by atoms with Gasteiger partial charge in [-0.05, 0) is 31.0 Å². The van der Waals surface area contributed by atoms with E-state index in [4.69, 9.17) is 0 Å². The topological polar surface area (TPSA) is 15.3 Å². The van der Waals surface area contributed by atoms with Crippen LogP contribution >= 0.6 is 0 Å². The summed E-state index contributed by atoms with van der Waals surface area (Å²) in [5.74, 6) is 0.415. The van der Waals surface area contributed by atoms with Crippen LogP contribution in [0.3, 0.4) is 0 Å². The number of hydrogen-bond acceptors (Lipinski definition) is 2. The predicted molar refractivity (Wildman–Crippen MR) is 74.9 cm³/mol. The molecule has 1 fully saturated rings. The average Bonchev–Trinajstić information content (AvgIpc) is 2.84. The van der Waals surface area contributed by atoms with Crippen molar-refractivity contribution < 1.29 is 13.2 Å². The monoisotopic (exact) mass is 286 g/mol. The molecule has 0 amide bonds. The van der Waals surface area contributed by atoms with Gasteiger partial charge in [-0.2, -0.15) is 13.2 Å². The standard InChI is InChI=1S/C15H21F3N2/c1-11(2)19-9-12-7-8-20(10-12)14-6-4-3-5-13(14)15(16,17)18/h3-6,11-12,19H,7-10H2,1-2H3. The van der Waals surface area contributed by atoms with E-state index in [1.807, 2.05) is 4.90 Å². The Balaban J connectivity index is 2.07. The van der Waals surface area contributed by atoms with E-state index in [0.29, 0.717) is 30.7 Å². The van der Waals surface area contributed by atoms with E-state index in [-0.39, 0.29) is 0 Å². The van der Waals surface area contributed by atoms with E-state index in [0.717, 1.165) is 19.0 Å². The highest BCUT2D eigenvalue weighted by Crippen LogP contribution is 2.38. The minimum Gasteiger partial charge on any atom is -0.371 e. The van der Waals surface area contributed by atoms with E-state index >= 15 is 0 Å². The highest BCUT2D eigenvalue weighted by molar-refractivity contribution is 5.55. The summed E-state index contributed by atoms with van der Waals surface area (Å²) in [6.07, 6.45) is -3.35. The maximum atomic E-state index is 13.0. The van der Waals surface area contributed by atoms with Crippen LogP contribution in [-0.2, 0) is 6.18 Å². The third-order valence-corrected chi connectivity index (χ3v) is 3.65. The maximum absolute atomic E-state index is 13.0. The molecule has 1 aromatic rings. The van der Waals surface area contributed by atoms with Gasteiger partial charge in [0, 0.05) is 24.8 Å². The Morgan fingerprint density at radius 2 is 2.00 bits per heavy atom. The predicted octanol–water partition coefficient (Wildman–Crippen LogP) is 3.53. The van der Waals surface area contributed by atoms with E-state index < -0.39 is 11.7 Å². The molecule has 2 nitrogen and oxygen atoms in total. The lowest BCUT2D eigenvalue weighted by Gasteiger charge is -2.23. The van der Waals surface area contributed by atoms with Crippen LogP contribution in [0.15, 0.2) is 24.3 Å². The van der Waals surface area contributed by atoms with E-state index in [2.05, 4.69) is 19.2 Å². The Morgan fingerprint density at radius 1 is 1.30 bits per heavy atom. The average molecular weight is 286 g/mol. The fraction of sp³-hybridized carbons (Fsp3) is 0.600. The summed E-state index contributed by atoms with van der Waals surface area (Å²) in [5.41, 5.74) is -0.218. The van der Waals surface area contributed by atoms with Crippen LogP contribution in [-0.4, -0.2) is 25.7 Å². The zero-order chi connectivity index (χ0) is 14.8. The van der Waals surface area contributed by atoms with Crippen molar-refractivity contribution in [1.29, 1.82) is 0 Å². The van der Waals surface area contributed by atoms with Gasteiger partial charge in [0.05, 0.1) is 5.56 Å². The van der Waals surface area contributed by atoms with Crippen molar-refractivity contribution in [2.24, 2.45) is 5.92 Å². The number of benzene rings is 1. The number of halogens is 3. The lowest BCUT2D eigenvalue weighted by molar-refractivity contribution is -0.137. The summed E-state index contributed by atoms with van der Waals surface area (Å²) >= 11 is 0. The number of rotatable bonds is 4. The summed E-state index contributed by atoms with van der Waals surface area (Å²) in [6, 6.07) is 6.26. The van der Waals surface area contributed by atoms with Crippen LogP contribution in [0.2, 0.25) is 0 Å². The zero-order valence-electron chi connectivity index (χ0n) is 11.9. The molecule has 0 bridgehead atoms. The zero-order valence-corrected chi connectivity index (χ0v) is 11.9. The second-order valence-electron chi connectivity index (χ2n) is 5.68. The van der Waals surface area contributed by atoms with Gasteiger partial charge in [0.2, 0.25) is 0 Å². The SMILES string of the molecule is CC(C)NCC1CCN(c2ccccc2C(F)(F)F)C1. The number of nitrogens with zero attached hydrogens (tertiary/aromatic N) is 1. The molecule has 1 atom stereocenters. The van der Waals surface area contributed by atoms with Gasteiger partial charge in [-0.3, -0.25) is 0 Å². The molecule has 1 heterocycles. The van der Waals surface area contributed by atoms with E-state index in [1.165, 1.54) is 6.07 Å². The van der Waals surface area contributed by atoms with Crippen molar-refractivity contribution >= 4 is 5.69 Å². The first-order valence-electron chi connectivity index (χ1n) is 7.02. The van der Waals surface area contributed by atoms with Crippen LogP contribution in [0.1, 0.15) is 25.8 Å². The molecule has 0 spiro atoms. The van der Waals surface area contributed by atoms with E-state index in [9.17, 15) is 13.2 Å². The molecule has 0 radical (unpaired) electrons. The van der Waals surface area contributed by atoms with Crippen LogP contribution in [0.25, 0.3) is 0 Å². The van der Waals surface area contributed by atoms with Crippen molar-refractivity contribution in [1.82, 2.24) is 5.32 Å². The Labute approximate surface area is 118 Å². The smallest absolute Gasteiger partial charge is 0.371 e. The van der Waals surface area contributed by atoms with Gasteiger partial charge in [-0.25, -0.2) is 0 Å². The molecular weight excluding hydrogens is 265 g/mol. The van der Waals surface area contributed by atoms with Crippen LogP contribution in [0.5, 0.6) is 0 Å². The summed E-state index contributed by atoms with van der Waals surface area (Å²) in [6.45, 7) is 6.39. The minimum absolute atomic E-state index is 0.312. The quantitative estimate of drug-likeness (QED) is 0.911. The Morgan fingerprint density at radius 3 is 2.65 bits per heavy atom. The van der Waals surface area contributed by atoms with Crippen molar-refractivity contribution in [2.45, 2.75) is 32.5 Å². The second kappa shape index (κ2) is 6.04. The number of alkyl halides is 3. The molecule has 1 unspecified atom stereocenters. The Bertz CT molecular complexity index is 443. The largest absolute Gasteiger partial charge is 0.418 e. The van der Waals surface area contributed by atoms with Crippen LogP contribution in [0.4, 0.5) is 18.9 Å². The number of nitrogens with one attached hydrogen (secondary N) is 1. The maximum Gasteiger partial charge on any atom is 0.418 e. The summed E-state index contributed by atoms with van der Waals surface area (Å²) < 4.78 is 39.0. The van der Waals surface area contributed by atoms with Gasteiger partial charge >= 0.3 is 6.18 Å². The van der Waals surface area contributed by atoms with Crippen molar-refractivity contribution in [3.8, 4) is 0 Å². The molecule has 0 aromatic heterocycles.